The van der Waals surface area contributed by atoms with Crippen LogP contribution in [0.5, 0.6) is 0 Å². The molecule has 13 rings (SSSR count). The van der Waals surface area contributed by atoms with Crippen LogP contribution in [-0.4, -0.2) is 4.98 Å². The maximum atomic E-state index is 5.44. The third-order valence-corrected chi connectivity index (χ3v) is 14.0. The summed E-state index contributed by atoms with van der Waals surface area (Å²) < 4.78 is 0. The smallest absolute Gasteiger partial charge is 0.0760 e. The number of rotatable bonds is 7. The van der Waals surface area contributed by atoms with Gasteiger partial charge < -0.3 is 4.90 Å². The lowest BCUT2D eigenvalue weighted by Crippen LogP contribution is -2.36. The van der Waals surface area contributed by atoms with E-state index in [1.165, 1.54) is 67.0 Å². The Morgan fingerprint density at radius 1 is 0.265 bits per heavy atom. The van der Waals surface area contributed by atoms with E-state index in [0.29, 0.717) is 0 Å². The lowest BCUT2D eigenvalue weighted by atomic mass is 9.63. The highest BCUT2D eigenvalue weighted by molar-refractivity contribution is 5.99. The monoisotopic (exact) mass is 864 g/mol. The number of benzene rings is 10. The molecule has 10 aromatic carbocycles. The largest absolute Gasteiger partial charge is 0.310 e. The van der Waals surface area contributed by atoms with E-state index in [1.807, 2.05) is 0 Å². The molecule has 2 heterocycles. The number of hydrogen-bond acceptors (Lipinski definition) is 2. The van der Waals surface area contributed by atoms with Crippen LogP contribution in [0.2, 0.25) is 0 Å². The Bertz CT molecular complexity index is 3540. The lowest BCUT2D eigenvalue weighted by Gasteiger charge is -2.45. The average molecular weight is 865 g/mol. The van der Waals surface area contributed by atoms with Crippen LogP contribution in [0.15, 0.2) is 267 Å². The van der Waals surface area contributed by atoms with Crippen molar-refractivity contribution in [2.24, 2.45) is 0 Å². The number of fused-ring (bicyclic) bond motifs is 9. The van der Waals surface area contributed by atoms with Gasteiger partial charge in [0.15, 0.2) is 0 Å². The predicted octanol–water partition coefficient (Wildman–Crippen LogP) is 17.2. The van der Waals surface area contributed by atoms with E-state index >= 15 is 0 Å². The number of hydrogen-bond donors (Lipinski definition) is 0. The third-order valence-electron chi connectivity index (χ3n) is 14.0. The molecule has 0 amide bonds. The van der Waals surface area contributed by atoms with Crippen molar-refractivity contribution in [3.05, 3.63) is 289 Å². The summed E-state index contributed by atoms with van der Waals surface area (Å²) in [6, 6.07) is 97.4. The van der Waals surface area contributed by atoms with E-state index in [4.69, 9.17) is 4.98 Å². The number of aromatic nitrogens is 1. The Morgan fingerprint density at radius 3 is 1.25 bits per heavy atom. The molecule has 2 aliphatic rings. The third kappa shape index (κ3) is 6.37. The second-order valence-electron chi connectivity index (χ2n) is 17.8. The lowest BCUT2D eigenvalue weighted by molar-refractivity contribution is 0.754. The molecule has 1 aliphatic heterocycles. The van der Waals surface area contributed by atoms with Crippen LogP contribution in [0.1, 0.15) is 22.3 Å². The summed E-state index contributed by atoms with van der Waals surface area (Å²) >= 11 is 0. The van der Waals surface area contributed by atoms with Crippen LogP contribution in [0, 0.1) is 0 Å². The maximum absolute atomic E-state index is 5.44. The molecule has 0 radical (unpaired) electrons. The fourth-order valence-corrected chi connectivity index (χ4v) is 11.1. The predicted molar refractivity (Wildman–Crippen MR) is 282 cm³/mol. The first-order chi connectivity index (χ1) is 33.7. The Kier molecular flexibility index (Phi) is 9.43. The quantitative estimate of drug-likeness (QED) is 0.159. The molecule has 1 aliphatic carbocycles. The van der Waals surface area contributed by atoms with Crippen LogP contribution in [0.3, 0.4) is 0 Å². The van der Waals surface area contributed by atoms with Crippen LogP contribution >= 0.6 is 0 Å². The van der Waals surface area contributed by atoms with Gasteiger partial charge in [-0.2, -0.15) is 0 Å². The molecule has 2 heteroatoms. The summed E-state index contributed by atoms with van der Waals surface area (Å²) in [7, 11) is 0. The van der Waals surface area contributed by atoms with Gasteiger partial charge in [0.1, 0.15) is 0 Å². The first kappa shape index (κ1) is 39.5. The molecule has 0 N–H and O–H groups in total. The zero-order chi connectivity index (χ0) is 45.0. The molecule has 2 nitrogen and oxygen atoms in total. The highest BCUT2D eigenvalue weighted by atomic mass is 15.2. The van der Waals surface area contributed by atoms with E-state index in [2.05, 4.69) is 272 Å². The Hall–Kier alpha value is -8.85. The summed E-state index contributed by atoms with van der Waals surface area (Å²) in [5.74, 6) is 0. The number of para-hydroxylation sites is 3. The second-order valence-corrected chi connectivity index (χ2v) is 17.8. The van der Waals surface area contributed by atoms with E-state index in [0.717, 1.165) is 50.5 Å². The van der Waals surface area contributed by atoms with E-state index in [1.54, 1.807) is 0 Å². The van der Waals surface area contributed by atoms with Crippen molar-refractivity contribution in [1.82, 2.24) is 4.98 Å². The minimum Gasteiger partial charge on any atom is -0.310 e. The number of anilines is 3. The van der Waals surface area contributed by atoms with Gasteiger partial charge in [-0.05, 0) is 132 Å². The molecule has 0 bridgehead atoms. The first-order valence-corrected chi connectivity index (χ1v) is 23.4. The molecule has 318 valence electrons. The van der Waals surface area contributed by atoms with Crippen molar-refractivity contribution < 1.29 is 0 Å². The summed E-state index contributed by atoms with van der Waals surface area (Å²) in [4.78, 5) is 7.89. The molecule has 0 fully saturated rings. The molecule has 0 saturated carbocycles. The molecule has 11 aromatic rings. The van der Waals surface area contributed by atoms with Crippen LogP contribution in [0.25, 0.3) is 78.1 Å². The van der Waals surface area contributed by atoms with Gasteiger partial charge in [-0.15, -0.1) is 0 Å². The van der Waals surface area contributed by atoms with Crippen molar-refractivity contribution >= 4 is 17.1 Å². The van der Waals surface area contributed by atoms with Gasteiger partial charge in [0.05, 0.1) is 28.2 Å². The van der Waals surface area contributed by atoms with Gasteiger partial charge >= 0.3 is 0 Å². The second kappa shape index (κ2) is 16.2. The van der Waals surface area contributed by atoms with Crippen LogP contribution in [-0.2, 0) is 5.41 Å². The zero-order valence-corrected chi connectivity index (χ0v) is 37.3. The molecular weight excluding hydrogens is 821 g/mol. The zero-order valence-electron chi connectivity index (χ0n) is 37.3. The van der Waals surface area contributed by atoms with Gasteiger partial charge in [-0.1, -0.05) is 212 Å². The SMILES string of the molecule is c1ccc(-c2cccc(-c3cc(-c4cccc(-c5cccc6c5C5(c7ccccc7-6)c6ccccc6N(c6ccccc6)c6ccccc65)c4)cc(-c4cccc(-c5ccccc5)c4)n3)c2)cc1. The number of pyridine rings is 1. The van der Waals surface area contributed by atoms with Gasteiger partial charge in [-0.3, -0.25) is 0 Å². The van der Waals surface area contributed by atoms with Crippen molar-refractivity contribution in [2.45, 2.75) is 5.41 Å². The Morgan fingerprint density at radius 2 is 0.662 bits per heavy atom. The topological polar surface area (TPSA) is 16.1 Å². The summed E-state index contributed by atoms with van der Waals surface area (Å²) in [5, 5.41) is 0. The molecule has 1 spiro atoms. The molecule has 0 saturated heterocycles. The van der Waals surface area contributed by atoms with Gasteiger partial charge in [0, 0.05) is 16.8 Å². The van der Waals surface area contributed by atoms with Gasteiger partial charge in [0.2, 0.25) is 0 Å². The highest BCUT2D eigenvalue weighted by Crippen LogP contribution is 2.65. The van der Waals surface area contributed by atoms with Crippen LogP contribution < -0.4 is 4.90 Å². The molecule has 1 aromatic heterocycles. The average Bonchev–Trinajstić information content (AvgIpc) is 3.72. The summed E-state index contributed by atoms with van der Waals surface area (Å²) in [5.41, 5.74) is 24.0. The molecule has 68 heavy (non-hydrogen) atoms. The van der Waals surface area contributed by atoms with Crippen molar-refractivity contribution in [1.29, 1.82) is 0 Å². The van der Waals surface area contributed by atoms with Gasteiger partial charge in [0.25, 0.3) is 0 Å². The fraction of sp³-hybridized carbons (Fsp3) is 0.0152. The van der Waals surface area contributed by atoms with Crippen molar-refractivity contribution in [3.63, 3.8) is 0 Å². The van der Waals surface area contributed by atoms with Crippen molar-refractivity contribution in [3.8, 4) is 78.1 Å². The number of nitrogens with zero attached hydrogens (tertiary/aromatic N) is 2. The standard InChI is InChI=1S/C66H44N2/c1-4-20-45(21-5-1)47-24-17-28-51(41-47)61-43-53(44-62(67-61)52-29-18-25-48(42-52)46-22-6-2-7-23-46)49-26-16-27-50(40-49)55-33-19-34-57-56-32-10-11-35-58(56)66(65(55)57)59-36-12-14-38-63(59)68(54-30-8-3-9-31-54)64-39-15-13-37-60(64)66/h1-44H. The minimum absolute atomic E-state index is 0.582. The summed E-state index contributed by atoms with van der Waals surface area (Å²) in [6.45, 7) is 0. The molecule has 0 atom stereocenters. The minimum atomic E-state index is -0.582. The maximum Gasteiger partial charge on any atom is 0.0760 e. The van der Waals surface area contributed by atoms with Crippen LogP contribution in [0.4, 0.5) is 17.1 Å². The highest BCUT2D eigenvalue weighted by Gasteiger charge is 2.52. The Labute approximate surface area is 397 Å². The summed E-state index contributed by atoms with van der Waals surface area (Å²) in [6.07, 6.45) is 0. The Balaban J connectivity index is 1.01. The van der Waals surface area contributed by atoms with Gasteiger partial charge in [-0.25, -0.2) is 4.98 Å². The van der Waals surface area contributed by atoms with Crippen molar-refractivity contribution in [2.75, 3.05) is 4.90 Å². The van der Waals surface area contributed by atoms with E-state index in [9.17, 15) is 0 Å². The van der Waals surface area contributed by atoms with E-state index in [-0.39, 0.29) is 0 Å². The molecular formula is C66H44N2. The molecule has 0 unspecified atom stereocenters. The fourth-order valence-electron chi connectivity index (χ4n) is 11.1. The van der Waals surface area contributed by atoms with E-state index < -0.39 is 5.41 Å². The first-order valence-electron chi connectivity index (χ1n) is 23.4. The normalized spacial score (nSPS) is 12.8.